The van der Waals surface area contributed by atoms with Crippen LogP contribution in [0, 0.1) is 6.92 Å². The predicted octanol–water partition coefficient (Wildman–Crippen LogP) is 4.26. The molecule has 1 nitrogen and oxygen atoms in total. The zero-order valence-corrected chi connectivity index (χ0v) is 11.0. The molecule has 1 saturated heterocycles. The average molecular weight is 290 g/mol. The summed E-state index contributed by atoms with van der Waals surface area (Å²) >= 11 is 9.66. The lowest BCUT2D eigenvalue weighted by Crippen LogP contribution is -2.07. The van der Waals surface area contributed by atoms with Crippen LogP contribution in [0.5, 0.6) is 0 Å². The summed E-state index contributed by atoms with van der Waals surface area (Å²) in [5, 5.41) is 1.74. The third-order valence-corrected chi connectivity index (χ3v) is 3.83. The van der Waals surface area contributed by atoms with Gasteiger partial charge in [0.05, 0.1) is 12.2 Å². The van der Waals surface area contributed by atoms with Crippen LogP contribution in [0.3, 0.4) is 0 Å². The van der Waals surface area contributed by atoms with Crippen LogP contribution in [0.1, 0.15) is 30.1 Å². The number of hydrogen-bond acceptors (Lipinski definition) is 1. The Morgan fingerprint density at radius 1 is 1.47 bits per heavy atom. The predicted molar refractivity (Wildman–Crippen MR) is 66.8 cm³/mol. The highest BCUT2D eigenvalue weighted by atomic mass is 79.9. The average Bonchev–Trinajstić information content (AvgIpc) is 2.66. The Kier molecular flexibility index (Phi) is 3.70. The zero-order chi connectivity index (χ0) is 10.8. The molecule has 82 valence electrons. The molecule has 1 aromatic carbocycles. The van der Waals surface area contributed by atoms with Crippen LogP contribution in [0.4, 0.5) is 0 Å². The second-order valence-electron chi connectivity index (χ2n) is 4.00. The molecule has 1 fully saturated rings. The van der Waals surface area contributed by atoms with Crippen molar-refractivity contribution >= 4 is 27.5 Å². The number of ether oxygens (including phenoxy) is 1. The molecular weight excluding hydrogens is 275 g/mol. The van der Waals surface area contributed by atoms with Crippen molar-refractivity contribution in [2.75, 3.05) is 5.33 Å². The normalized spacial score (nSPS) is 25.8. The monoisotopic (exact) mass is 288 g/mol. The lowest BCUT2D eigenvalue weighted by Gasteiger charge is -2.14. The molecule has 0 spiro atoms. The van der Waals surface area contributed by atoms with E-state index in [-0.39, 0.29) is 6.10 Å². The molecule has 0 N–H and O–H groups in total. The van der Waals surface area contributed by atoms with Crippen molar-refractivity contribution in [3.05, 3.63) is 34.3 Å². The molecule has 0 aromatic heterocycles. The molecule has 0 aliphatic carbocycles. The van der Waals surface area contributed by atoms with Gasteiger partial charge in [0, 0.05) is 10.4 Å². The maximum atomic E-state index is 6.21. The van der Waals surface area contributed by atoms with Crippen molar-refractivity contribution in [1.82, 2.24) is 0 Å². The molecule has 1 aliphatic rings. The van der Waals surface area contributed by atoms with E-state index >= 15 is 0 Å². The van der Waals surface area contributed by atoms with Crippen LogP contribution in [0.25, 0.3) is 0 Å². The zero-order valence-electron chi connectivity index (χ0n) is 8.67. The van der Waals surface area contributed by atoms with Crippen molar-refractivity contribution in [1.29, 1.82) is 0 Å². The Morgan fingerprint density at radius 3 is 2.87 bits per heavy atom. The number of benzene rings is 1. The summed E-state index contributed by atoms with van der Waals surface area (Å²) in [6, 6.07) is 6.17. The van der Waals surface area contributed by atoms with Gasteiger partial charge in [0.15, 0.2) is 0 Å². The van der Waals surface area contributed by atoms with E-state index in [1.165, 1.54) is 5.56 Å². The smallest absolute Gasteiger partial charge is 0.0844 e. The third-order valence-electron chi connectivity index (χ3n) is 2.78. The van der Waals surface area contributed by atoms with Crippen LogP contribution >= 0.6 is 27.5 Å². The summed E-state index contributed by atoms with van der Waals surface area (Å²) < 4.78 is 5.89. The second kappa shape index (κ2) is 4.86. The van der Waals surface area contributed by atoms with Crippen LogP contribution in [-0.2, 0) is 4.74 Å². The van der Waals surface area contributed by atoms with Crippen molar-refractivity contribution in [3.8, 4) is 0 Å². The largest absolute Gasteiger partial charge is 0.369 e. The fourth-order valence-electron chi connectivity index (χ4n) is 1.94. The van der Waals surface area contributed by atoms with Gasteiger partial charge in [-0.2, -0.15) is 0 Å². The molecule has 1 aliphatic heterocycles. The van der Waals surface area contributed by atoms with Gasteiger partial charge in [0.1, 0.15) is 0 Å². The summed E-state index contributed by atoms with van der Waals surface area (Å²) in [5.41, 5.74) is 2.32. The number of hydrogen-bond donors (Lipinski definition) is 0. The fourth-order valence-corrected chi connectivity index (χ4v) is 2.77. The topological polar surface area (TPSA) is 9.23 Å². The first-order valence-electron chi connectivity index (χ1n) is 5.18. The molecule has 0 bridgehead atoms. The highest BCUT2D eigenvalue weighted by Crippen LogP contribution is 2.36. The fraction of sp³-hybridized carbons (Fsp3) is 0.500. The van der Waals surface area contributed by atoms with Gasteiger partial charge in [0.25, 0.3) is 0 Å². The van der Waals surface area contributed by atoms with E-state index in [1.807, 2.05) is 13.0 Å². The molecule has 3 heteroatoms. The van der Waals surface area contributed by atoms with Crippen molar-refractivity contribution in [2.24, 2.45) is 0 Å². The second-order valence-corrected chi connectivity index (χ2v) is 5.06. The van der Waals surface area contributed by atoms with E-state index < -0.39 is 0 Å². The minimum atomic E-state index is 0.181. The molecule has 0 radical (unpaired) electrons. The highest BCUT2D eigenvalue weighted by molar-refractivity contribution is 9.09. The molecule has 2 rings (SSSR count). The number of rotatable bonds is 2. The minimum absolute atomic E-state index is 0.181. The van der Waals surface area contributed by atoms with Crippen molar-refractivity contribution in [3.63, 3.8) is 0 Å². The molecule has 2 unspecified atom stereocenters. The van der Waals surface area contributed by atoms with Crippen molar-refractivity contribution < 1.29 is 4.74 Å². The summed E-state index contributed by atoms with van der Waals surface area (Å²) in [4.78, 5) is 0. The van der Waals surface area contributed by atoms with E-state index in [4.69, 9.17) is 16.3 Å². The number of halogens is 2. The molecular formula is C12H14BrClO. The first kappa shape index (κ1) is 11.4. The third kappa shape index (κ3) is 2.55. The van der Waals surface area contributed by atoms with Crippen LogP contribution in [-0.4, -0.2) is 11.4 Å². The Labute approximate surface area is 104 Å². The van der Waals surface area contributed by atoms with Crippen LogP contribution < -0.4 is 0 Å². The number of aryl methyl sites for hydroxylation is 1. The van der Waals surface area contributed by atoms with E-state index in [0.29, 0.717) is 6.10 Å². The standard InChI is InChI=1S/C12H14BrClO/c1-8-2-4-10(11(14)6-8)12-5-3-9(7-13)15-12/h2,4,6,9,12H,3,5,7H2,1H3. The van der Waals surface area contributed by atoms with Crippen molar-refractivity contribution in [2.45, 2.75) is 32.0 Å². The highest BCUT2D eigenvalue weighted by Gasteiger charge is 2.26. The summed E-state index contributed by atoms with van der Waals surface area (Å²) in [7, 11) is 0. The van der Waals surface area contributed by atoms with Crippen LogP contribution in [0.2, 0.25) is 5.02 Å². The van der Waals surface area contributed by atoms with Crippen LogP contribution in [0.15, 0.2) is 18.2 Å². The van der Waals surface area contributed by atoms with E-state index in [2.05, 4.69) is 28.1 Å². The van der Waals surface area contributed by atoms with Gasteiger partial charge in [0.2, 0.25) is 0 Å². The van der Waals surface area contributed by atoms with Gasteiger partial charge in [-0.1, -0.05) is 39.7 Å². The molecule has 1 aromatic rings. The lowest BCUT2D eigenvalue weighted by molar-refractivity contribution is 0.0589. The van der Waals surface area contributed by atoms with Gasteiger partial charge in [-0.3, -0.25) is 0 Å². The summed E-state index contributed by atoms with van der Waals surface area (Å²) in [6.07, 6.45) is 2.70. The van der Waals surface area contributed by atoms with Gasteiger partial charge >= 0.3 is 0 Å². The van der Waals surface area contributed by atoms with Gasteiger partial charge < -0.3 is 4.74 Å². The molecule has 1 heterocycles. The Balaban J connectivity index is 2.17. The lowest BCUT2D eigenvalue weighted by atomic mass is 10.0. The Hall–Kier alpha value is -0.0500. The molecule has 15 heavy (non-hydrogen) atoms. The Morgan fingerprint density at radius 2 is 2.27 bits per heavy atom. The van der Waals surface area contributed by atoms with Gasteiger partial charge in [-0.25, -0.2) is 0 Å². The quantitative estimate of drug-likeness (QED) is 0.739. The first-order valence-corrected chi connectivity index (χ1v) is 6.68. The summed E-state index contributed by atoms with van der Waals surface area (Å²) in [5.74, 6) is 0. The number of alkyl halides is 1. The summed E-state index contributed by atoms with van der Waals surface area (Å²) in [6.45, 7) is 2.05. The molecule has 2 atom stereocenters. The maximum Gasteiger partial charge on any atom is 0.0844 e. The maximum absolute atomic E-state index is 6.21. The Bertz CT molecular complexity index is 353. The molecule has 0 amide bonds. The van der Waals surface area contributed by atoms with E-state index in [0.717, 1.165) is 28.8 Å². The first-order chi connectivity index (χ1) is 7.20. The molecule has 0 saturated carbocycles. The van der Waals surface area contributed by atoms with Gasteiger partial charge in [-0.15, -0.1) is 0 Å². The SMILES string of the molecule is Cc1ccc(C2CCC(CBr)O2)c(Cl)c1. The van der Waals surface area contributed by atoms with Gasteiger partial charge in [-0.05, 0) is 37.0 Å². The minimum Gasteiger partial charge on any atom is -0.369 e. The van der Waals surface area contributed by atoms with E-state index in [9.17, 15) is 0 Å². The van der Waals surface area contributed by atoms with E-state index in [1.54, 1.807) is 0 Å².